The summed E-state index contributed by atoms with van der Waals surface area (Å²) in [6.07, 6.45) is 0. The molecule has 5 aromatic carbocycles. The van der Waals surface area contributed by atoms with Crippen LogP contribution in [0.4, 0.5) is 0 Å². The standard InChI is InChI=1S/C31H17N3O/c35-31-25-11-4-6-15-27(25)34-29(32-26-14-5-3-10-24(26)30(34)33-31)23-17-16-22-19-9-2-1-8-18(19)20-12-7-13-21(23)28(20)22/h1-17H. The Balaban J connectivity index is 1.59. The van der Waals surface area contributed by atoms with Crippen molar-refractivity contribution in [3.8, 4) is 33.6 Å². The number of para-hydroxylation sites is 2. The van der Waals surface area contributed by atoms with Crippen LogP contribution < -0.4 is 5.56 Å². The van der Waals surface area contributed by atoms with Gasteiger partial charge in [-0.1, -0.05) is 72.8 Å². The van der Waals surface area contributed by atoms with Gasteiger partial charge in [-0.15, -0.1) is 0 Å². The second kappa shape index (κ2) is 6.61. The van der Waals surface area contributed by atoms with Crippen molar-refractivity contribution in [3.63, 3.8) is 0 Å². The third-order valence-electron chi connectivity index (χ3n) is 7.17. The van der Waals surface area contributed by atoms with Crippen molar-refractivity contribution < 1.29 is 0 Å². The molecular formula is C31H17N3O. The predicted molar refractivity (Wildman–Crippen MR) is 142 cm³/mol. The molecule has 0 spiro atoms. The van der Waals surface area contributed by atoms with Gasteiger partial charge >= 0.3 is 0 Å². The summed E-state index contributed by atoms with van der Waals surface area (Å²) in [5.74, 6) is 0.780. The summed E-state index contributed by atoms with van der Waals surface area (Å²) in [6.45, 7) is 0. The van der Waals surface area contributed by atoms with E-state index >= 15 is 0 Å². The molecular weight excluding hydrogens is 430 g/mol. The first-order chi connectivity index (χ1) is 17.3. The van der Waals surface area contributed by atoms with Crippen LogP contribution in [0.3, 0.4) is 0 Å². The van der Waals surface area contributed by atoms with Crippen LogP contribution in [0.25, 0.3) is 71.9 Å². The van der Waals surface area contributed by atoms with E-state index in [1.54, 1.807) is 0 Å². The third-order valence-corrected chi connectivity index (χ3v) is 7.17. The second-order valence-electron chi connectivity index (χ2n) is 8.98. The van der Waals surface area contributed by atoms with Crippen LogP contribution in [-0.4, -0.2) is 14.4 Å². The van der Waals surface area contributed by atoms with Crippen LogP contribution in [0.15, 0.2) is 108 Å². The molecule has 2 heterocycles. The van der Waals surface area contributed by atoms with Crippen molar-refractivity contribution >= 4 is 38.2 Å². The fourth-order valence-corrected chi connectivity index (χ4v) is 5.67. The van der Waals surface area contributed by atoms with Crippen molar-refractivity contribution in [2.45, 2.75) is 0 Å². The van der Waals surface area contributed by atoms with Crippen molar-refractivity contribution in [3.05, 3.63) is 113 Å². The van der Waals surface area contributed by atoms with Crippen molar-refractivity contribution in [1.82, 2.24) is 14.4 Å². The summed E-state index contributed by atoms with van der Waals surface area (Å²) in [7, 11) is 0. The van der Waals surface area contributed by atoms with Crippen LogP contribution in [-0.2, 0) is 0 Å². The first-order valence-corrected chi connectivity index (χ1v) is 11.7. The van der Waals surface area contributed by atoms with Crippen molar-refractivity contribution in [2.24, 2.45) is 0 Å². The van der Waals surface area contributed by atoms with Crippen LogP contribution >= 0.6 is 0 Å². The monoisotopic (exact) mass is 447 g/mol. The number of rotatable bonds is 1. The molecule has 2 aromatic heterocycles. The topological polar surface area (TPSA) is 47.3 Å². The third kappa shape index (κ3) is 2.38. The Hall–Kier alpha value is -4.83. The number of nitrogens with zero attached hydrogens (tertiary/aromatic N) is 3. The number of hydrogen-bond donors (Lipinski definition) is 0. The van der Waals surface area contributed by atoms with E-state index in [9.17, 15) is 4.79 Å². The molecule has 0 amide bonds. The lowest BCUT2D eigenvalue weighted by molar-refractivity contribution is 1.11. The Bertz CT molecular complexity index is 2060. The lowest BCUT2D eigenvalue weighted by Gasteiger charge is -2.16. The average Bonchev–Trinajstić information content (AvgIpc) is 3.24. The largest absolute Gasteiger partial charge is 0.281 e. The van der Waals surface area contributed by atoms with E-state index in [0.29, 0.717) is 11.0 Å². The molecule has 0 saturated heterocycles. The molecule has 35 heavy (non-hydrogen) atoms. The van der Waals surface area contributed by atoms with Gasteiger partial charge in [-0.05, 0) is 63.4 Å². The molecule has 0 aliphatic heterocycles. The smallest absolute Gasteiger partial charge is 0.277 e. The van der Waals surface area contributed by atoms with Gasteiger partial charge in [0.05, 0.1) is 16.4 Å². The Morgan fingerprint density at radius 1 is 0.514 bits per heavy atom. The summed E-state index contributed by atoms with van der Waals surface area (Å²) in [6, 6.07) is 34.9. The first-order valence-electron chi connectivity index (χ1n) is 11.7. The minimum absolute atomic E-state index is 0.223. The van der Waals surface area contributed by atoms with Crippen LogP contribution in [0, 0.1) is 0 Å². The van der Waals surface area contributed by atoms with Gasteiger partial charge in [0, 0.05) is 10.9 Å². The Morgan fingerprint density at radius 3 is 2.00 bits per heavy atom. The van der Waals surface area contributed by atoms with Crippen LogP contribution in [0.2, 0.25) is 0 Å². The van der Waals surface area contributed by atoms with Gasteiger partial charge in [0.2, 0.25) is 0 Å². The minimum Gasteiger partial charge on any atom is -0.277 e. The Morgan fingerprint density at radius 2 is 1.14 bits per heavy atom. The van der Waals surface area contributed by atoms with Crippen molar-refractivity contribution in [2.75, 3.05) is 0 Å². The van der Waals surface area contributed by atoms with Gasteiger partial charge in [-0.3, -0.25) is 9.20 Å². The summed E-state index contributed by atoms with van der Waals surface area (Å²) in [4.78, 5) is 22.7. The molecule has 0 saturated carbocycles. The highest BCUT2D eigenvalue weighted by Crippen LogP contribution is 2.49. The van der Waals surface area contributed by atoms with Gasteiger partial charge in [0.25, 0.3) is 5.56 Å². The molecule has 0 N–H and O–H groups in total. The SMILES string of the molecule is O=c1nc2c3ccccc3nc(-c3ccc4c5c(cccc35)-c3ccccc3-4)n2c2ccccc12. The van der Waals surface area contributed by atoms with Gasteiger partial charge in [-0.2, -0.15) is 4.98 Å². The molecule has 4 heteroatoms. The van der Waals surface area contributed by atoms with Gasteiger partial charge in [-0.25, -0.2) is 4.98 Å². The fraction of sp³-hybridized carbons (Fsp3) is 0. The zero-order valence-corrected chi connectivity index (χ0v) is 18.6. The van der Waals surface area contributed by atoms with E-state index in [1.165, 1.54) is 27.6 Å². The van der Waals surface area contributed by atoms with Crippen LogP contribution in [0.5, 0.6) is 0 Å². The average molecular weight is 447 g/mol. The van der Waals surface area contributed by atoms with Gasteiger partial charge < -0.3 is 0 Å². The van der Waals surface area contributed by atoms with E-state index in [1.807, 2.05) is 52.9 Å². The Labute approximate surface area is 199 Å². The Kier molecular flexibility index (Phi) is 3.51. The molecule has 1 aliphatic carbocycles. The molecule has 1 aliphatic rings. The molecule has 0 fully saturated rings. The maximum absolute atomic E-state index is 13.0. The van der Waals surface area contributed by atoms with Gasteiger partial charge in [0.15, 0.2) is 5.65 Å². The van der Waals surface area contributed by atoms with E-state index in [4.69, 9.17) is 4.98 Å². The quantitative estimate of drug-likeness (QED) is 0.258. The molecule has 0 radical (unpaired) electrons. The summed E-state index contributed by atoms with van der Waals surface area (Å²) < 4.78 is 2.05. The van der Waals surface area contributed by atoms with E-state index < -0.39 is 0 Å². The highest BCUT2D eigenvalue weighted by molar-refractivity contribution is 6.18. The summed E-state index contributed by atoms with van der Waals surface area (Å²) >= 11 is 0. The molecule has 7 aromatic rings. The van der Waals surface area contributed by atoms with E-state index in [2.05, 4.69) is 59.6 Å². The fourth-order valence-electron chi connectivity index (χ4n) is 5.67. The molecule has 0 unspecified atom stereocenters. The van der Waals surface area contributed by atoms with E-state index in [-0.39, 0.29) is 5.56 Å². The highest BCUT2D eigenvalue weighted by Gasteiger charge is 2.24. The number of benzene rings is 5. The highest BCUT2D eigenvalue weighted by atomic mass is 16.1. The molecule has 4 nitrogen and oxygen atoms in total. The lowest BCUT2D eigenvalue weighted by atomic mass is 9.97. The molecule has 0 atom stereocenters. The summed E-state index contributed by atoms with van der Waals surface area (Å²) in [5, 5.41) is 3.83. The molecule has 0 bridgehead atoms. The first kappa shape index (κ1) is 18.6. The van der Waals surface area contributed by atoms with Crippen LogP contribution in [0.1, 0.15) is 0 Å². The zero-order chi connectivity index (χ0) is 23.1. The van der Waals surface area contributed by atoms with Crippen molar-refractivity contribution in [1.29, 1.82) is 0 Å². The summed E-state index contributed by atoms with van der Waals surface area (Å²) in [5.41, 5.74) is 8.06. The molecule has 8 rings (SSSR count). The zero-order valence-electron chi connectivity index (χ0n) is 18.6. The maximum atomic E-state index is 13.0. The maximum Gasteiger partial charge on any atom is 0.281 e. The number of fused-ring (bicyclic) bond motifs is 8. The molecule has 162 valence electrons. The van der Waals surface area contributed by atoms with Gasteiger partial charge in [0.1, 0.15) is 5.82 Å². The lowest BCUT2D eigenvalue weighted by Crippen LogP contribution is -2.13. The number of aromatic nitrogens is 3. The minimum atomic E-state index is -0.223. The normalized spacial score (nSPS) is 12.1. The predicted octanol–water partition coefficient (Wildman–Crippen LogP) is 6.86. The second-order valence-corrected chi connectivity index (χ2v) is 8.98. The van der Waals surface area contributed by atoms with E-state index in [0.717, 1.165) is 33.2 Å². The number of hydrogen-bond acceptors (Lipinski definition) is 3.